The van der Waals surface area contributed by atoms with E-state index in [2.05, 4.69) is 5.32 Å². The zero-order chi connectivity index (χ0) is 24.5. The molecule has 0 radical (unpaired) electrons. The van der Waals surface area contributed by atoms with Gasteiger partial charge in [0.05, 0.1) is 5.75 Å². The summed E-state index contributed by atoms with van der Waals surface area (Å²) >= 11 is 14.0. The zero-order valence-corrected chi connectivity index (χ0v) is 21.6. The van der Waals surface area contributed by atoms with E-state index in [-0.39, 0.29) is 17.6 Å². The molecule has 1 atom stereocenters. The number of nitrogens with zero attached hydrogens (tertiary/aromatic N) is 1. The van der Waals surface area contributed by atoms with Crippen LogP contribution in [-0.2, 0) is 28.3 Å². The van der Waals surface area contributed by atoms with Gasteiger partial charge < -0.3 is 10.2 Å². The smallest absolute Gasteiger partial charge is 0.242 e. The molecule has 1 N–H and O–H groups in total. The predicted octanol–water partition coefficient (Wildman–Crippen LogP) is 5.92. The number of thioether (sulfide) groups is 1. The Hall–Kier alpha value is -2.47. The molecule has 0 saturated carbocycles. The number of rotatable bonds is 10. The lowest BCUT2D eigenvalue weighted by Crippen LogP contribution is -2.50. The van der Waals surface area contributed by atoms with Crippen LogP contribution < -0.4 is 5.32 Å². The number of halogens is 2. The van der Waals surface area contributed by atoms with Gasteiger partial charge in [-0.05, 0) is 35.7 Å². The second kappa shape index (κ2) is 12.8. The SMILES string of the molecule is CNC(=O)[C@H](Cc1ccccc1)N(Cc1cccc(C)c1)C(=O)CSCc1c(Cl)cccc1Cl. The average Bonchev–Trinajstić information content (AvgIpc) is 2.83. The molecule has 0 heterocycles. The van der Waals surface area contributed by atoms with Gasteiger partial charge >= 0.3 is 0 Å². The van der Waals surface area contributed by atoms with Gasteiger partial charge in [-0.3, -0.25) is 9.59 Å². The molecule has 0 unspecified atom stereocenters. The highest BCUT2D eigenvalue weighted by Gasteiger charge is 2.29. The highest BCUT2D eigenvalue weighted by molar-refractivity contribution is 7.99. The van der Waals surface area contributed by atoms with Crippen LogP contribution in [0.1, 0.15) is 22.3 Å². The van der Waals surface area contributed by atoms with Crippen LogP contribution in [-0.4, -0.2) is 35.6 Å². The number of aryl methyl sites for hydroxylation is 1. The van der Waals surface area contributed by atoms with Crippen LogP contribution >= 0.6 is 35.0 Å². The summed E-state index contributed by atoms with van der Waals surface area (Å²) in [5, 5.41) is 3.90. The van der Waals surface area contributed by atoms with Crippen molar-refractivity contribution in [3.05, 3.63) is 105 Å². The molecule has 0 spiro atoms. The third kappa shape index (κ3) is 7.26. The molecule has 178 valence electrons. The Morgan fingerprint density at radius 1 is 0.941 bits per heavy atom. The van der Waals surface area contributed by atoms with Crippen molar-refractivity contribution in [1.29, 1.82) is 0 Å². The minimum atomic E-state index is -0.634. The Morgan fingerprint density at radius 3 is 2.24 bits per heavy atom. The first-order valence-corrected chi connectivity index (χ1v) is 12.9. The first-order valence-electron chi connectivity index (χ1n) is 11.0. The largest absolute Gasteiger partial charge is 0.357 e. The van der Waals surface area contributed by atoms with E-state index in [0.717, 1.165) is 22.3 Å². The summed E-state index contributed by atoms with van der Waals surface area (Å²) in [5.74, 6) is 0.407. The fourth-order valence-electron chi connectivity index (χ4n) is 3.72. The van der Waals surface area contributed by atoms with Crippen LogP contribution in [0.2, 0.25) is 10.0 Å². The van der Waals surface area contributed by atoms with Crippen LogP contribution in [0.4, 0.5) is 0 Å². The maximum atomic E-state index is 13.5. The number of hydrogen-bond acceptors (Lipinski definition) is 3. The van der Waals surface area contributed by atoms with E-state index in [4.69, 9.17) is 23.2 Å². The van der Waals surface area contributed by atoms with Gasteiger partial charge in [0.1, 0.15) is 6.04 Å². The number of hydrogen-bond donors (Lipinski definition) is 1. The lowest BCUT2D eigenvalue weighted by Gasteiger charge is -2.31. The lowest BCUT2D eigenvalue weighted by atomic mass is 10.0. The van der Waals surface area contributed by atoms with E-state index in [0.29, 0.717) is 28.8 Å². The molecular formula is C27H28Cl2N2O2S. The predicted molar refractivity (Wildman–Crippen MR) is 142 cm³/mol. The van der Waals surface area contributed by atoms with Crippen LogP contribution in [0.15, 0.2) is 72.8 Å². The molecule has 0 aliphatic rings. The zero-order valence-electron chi connectivity index (χ0n) is 19.3. The maximum Gasteiger partial charge on any atom is 0.242 e. The number of benzene rings is 3. The Balaban J connectivity index is 1.83. The van der Waals surface area contributed by atoms with Gasteiger partial charge in [0, 0.05) is 35.8 Å². The van der Waals surface area contributed by atoms with Crippen molar-refractivity contribution in [3.63, 3.8) is 0 Å². The topological polar surface area (TPSA) is 49.4 Å². The van der Waals surface area contributed by atoms with Crippen molar-refractivity contribution in [2.24, 2.45) is 0 Å². The second-order valence-electron chi connectivity index (χ2n) is 8.02. The van der Waals surface area contributed by atoms with E-state index in [1.165, 1.54) is 11.8 Å². The van der Waals surface area contributed by atoms with Gasteiger partial charge in [-0.15, -0.1) is 11.8 Å². The monoisotopic (exact) mass is 514 g/mol. The van der Waals surface area contributed by atoms with Gasteiger partial charge in [0.15, 0.2) is 0 Å². The first-order chi connectivity index (χ1) is 16.4. The van der Waals surface area contributed by atoms with Crippen molar-refractivity contribution >= 4 is 46.8 Å². The van der Waals surface area contributed by atoms with Gasteiger partial charge in [-0.1, -0.05) is 89.4 Å². The summed E-state index contributed by atoms with van der Waals surface area (Å²) < 4.78 is 0. The molecule has 0 bridgehead atoms. The van der Waals surface area contributed by atoms with E-state index in [1.807, 2.05) is 61.5 Å². The minimum Gasteiger partial charge on any atom is -0.357 e. The molecular weight excluding hydrogens is 487 g/mol. The Bertz CT molecular complexity index is 1100. The van der Waals surface area contributed by atoms with Crippen molar-refractivity contribution in [1.82, 2.24) is 10.2 Å². The number of nitrogens with one attached hydrogen (secondary N) is 1. The van der Waals surface area contributed by atoms with Gasteiger partial charge in [0.25, 0.3) is 0 Å². The van der Waals surface area contributed by atoms with Crippen molar-refractivity contribution < 1.29 is 9.59 Å². The Morgan fingerprint density at radius 2 is 1.59 bits per heavy atom. The molecule has 0 fully saturated rings. The summed E-state index contributed by atoms with van der Waals surface area (Å²) in [6, 6.07) is 22.5. The molecule has 3 aromatic rings. The summed E-state index contributed by atoms with van der Waals surface area (Å²) in [7, 11) is 1.60. The lowest BCUT2D eigenvalue weighted by molar-refractivity contribution is -0.139. The fraction of sp³-hybridized carbons (Fsp3) is 0.259. The van der Waals surface area contributed by atoms with Gasteiger partial charge in [-0.25, -0.2) is 0 Å². The van der Waals surface area contributed by atoms with Crippen molar-refractivity contribution in [3.8, 4) is 0 Å². The molecule has 4 nitrogen and oxygen atoms in total. The maximum absolute atomic E-state index is 13.5. The highest BCUT2D eigenvalue weighted by atomic mass is 35.5. The number of amides is 2. The first kappa shape index (κ1) is 26.1. The quantitative estimate of drug-likeness (QED) is 0.365. The standard InChI is InChI=1S/C27H28Cl2N2O2S/c1-19-8-6-11-21(14-19)16-31(25(27(33)30-2)15-20-9-4-3-5-10-20)26(32)18-34-17-22-23(28)12-7-13-24(22)29/h3-14,25H,15-18H2,1-2H3,(H,30,33)/t25-/m0/s1. The van der Waals surface area contributed by atoms with Crippen LogP contribution in [0, 0.1) is 6.92 Å². The molecule has 34 heavy (non-hydrogen) atoms. The highest BCUT2D eigenvalue weighted by Crippen LogP contribution is 2.28. The van der Waals surface area contributed by atoms with E-state index < -0.39 is 6.04 Å². The van der Waals surface area contributed by atoms with Gasteiger partial charge in [-0.2, -0.15) is 0 Å². The number of carbonyl (C=O) groups excluding carboxylic acids is 2. The fourth-order valence-corrected chi connectivity index (χ4v) is 5.37. The Kier molecular flexibility index (Phi) is 9.87. The molecule has 0 aliphatic carbocycles. The minimum absolute atomic E-state index is 0.112. The van der Waals surface area contributed by atoms with Crippen molar-refractivity contribution in [2.75, 3.05) is 12.8 Å². The molecule has 0 aromatic heterocycles. The Labute approximate surface area is 215 Å². The van der Waals surface area contributed by atoms with Crippen LogP contribution in [0.25, 0.3) is 0 Å². The molecule has 7 heteroatoms. The summed E-state index contributed by atoms with van der Waals surface area (Å²) in [5.41, 5.74) is 3.89. The van der Waals surface area contributed by atoms with E-state index in [1.54, 1.807) is 30.1 Å². The summed E-state index contributed by atoms with van der Waals surface area (Å²) in [6.45, 7) is 2.36. The molecule has 2 amide bonds. The molecule has 0 saturated heterocycles. The average molecular weight is 516 g/mol. The molecule has 0 aliphatic heterocycles. The number of likely N-dealkylation sites (N-methyl/N-ethyl adjacent to an activating group) is 1. The summed E-state index contributed by atoms with van der Waals surface area (Å²) in [6.07, 6.45) is 0.430. The molecule has 3 rings (SSSR count). The normalized spacial score (nSPS) is 11.6. The van der Waals surface area contributed by atoms with Crippen molar-refractivity contribution in [2.45, 2.75) is 31.7 Å². The third-order valence-corrected chi connectivity index (χ3v) is 7.14. The molecule has 3 aromatic carbocycles. The number of carbonyl (C=O) groups is 2. The second-order valence-corrected chi connectivity index (χ2v) is 9.82. The van der Waals surface area contributed by atoms with E-state index in [9.17, 15) is 9.59 Å². The van der Waals surface area contributed by atoms with Gasteiger partial charge in [0.2, 0.25) is 11.8 Å². The van der Waals surface area contributed by atoms with Crippen LogP contribution in [0.5, 0.6) is 0 Å². The van der Waals surface area contributed by atoms with Crippen LogP contribution in [0.3, 0.4) is 0 Å². The van der Waals surface area contributed by atoms with E-state index >= 15 is 0 Å². The third-order valence-electron chi connectivity index (χ3n) is 5.49. The summed E-state index contributed by atoms with van der Waals surface area (Å²) in [4.78, 5) is 28.1.